The molecule has 2 aliphatic rings. The van der Waals surface area contributed by atoms with Gasteiger partial charge in [-0.05, 0) is 68.0 Å². The predicted octanol–water partition coefficient (Wildman–Crippen LogP) is 3.01. The molecule has 0 saturated carbocycles. The second kappa shape index (κ2) is 8.64. The van der Waals surface area contributed by atoms with Gasteiger partial charge in [0.05, 0.1) is 6.26 Å². The van der Waals surface area contributed by atoms with E-state index in [9.17, 15) is 9.59 Å². The van der Waals surface area contributed by atoms with Crippen LogP contribution in [0.1, 0.15) is 53.3 Å². The number of benzene rings is 1. The Morgan fingerprint density at radius 3 is 2.63 bits per heavy atom. The van der Waals surface area contributed by atoms with Crippen LogP contribution in [0.2, 0.25) is 0 Å². The van der Waals surface area contributed by atoms with E-state index in [-0.39, 0.29) is 23.1 Å². The lowest BCUT2D eigenvalue weighted by atomic mass is 9.73. The summed E-state index contributed by atoms with van der Waals surface area (Å²) in [4.78, 5) is 29.1. The molecule has 4 rings (SSSR count). The van der Waals surface area contributed by atoms with Crippen LogP contribution >= 0.6 is 0 Å². The molecule has 1 aromatic carbocycles. The topological polar surface area (TPSA) is 65.8 Å². The summed E-state index contributed by atoms with van der Waals surface area (Å²) in [6.45, 7) is 2.96. The Bertz CT molecular complexity index is 883. The normalized spacial score (nSPS) is 19.8. The molecule has 2 heterocycles. The molecule has 6 nitrogen and oxygen atoms in total. The number of nitrogens with zero attached hydrogens (tertiary/aromatic N) is 2. The predicted molar refractivity (Wildman–Crippen MR) is 116 cm³/mol. The number of carbonyl (C=O) groups excluding carboxylic acids is 2. The van der Waals surface area contributed by atoms with E-state index >= 15 is 0 Å². The summed E-state index contributed by atoms with van der Waals surface area (Å²) in [5.41, 5.74) is 2.75. The third kappa shape index (κ3) is 4.15. The fourth-order valence-electron chi connectivity index (χ4n) is 5.09. The van der Waals surface area contributed by atoms with Gasteiger partial charge < -0.3 is 19.5 Å². The molecule has 160 valence electrons. The van der Waals surface area contributed by atoms with Crippen LogP contribution in [-0.2, 0) is 10.2 Å². The summed E-state index contributed by atoms with van der Waals surface area (Å²) in [5.74, 6) is 0.745. The van der Waals surface area contributed by atoms with Crippen molar-refractivity contribution in [3.05, 3.63) is 59.5 Å². The summed E-state index contributed by atoms with van der Waals surface area (Å²) in [5, 5.41) is 3.06. The zero-order valence-corrected chi connectivity index (χ0v) is 17.9. The van der Waals surface area contributed by atoms with Crippen LogP contribution < -0.4 is 5.32 Å². The first-order valence-corrected chi connectivity index (χ1v) is 10.8. The van der Waals surface area contributed by atoms with Gasteiger partial charge in [0.1, 0.15) is 0 Å². The van der Waals surface area contributed by atoms with Crippen LogP contribution in [0.15, 0.2) is 47.1 Å². The van der Waals surface area contributed by atoms with Gasteiger partial charge in [-0.15, -0.1) is 0 Å². The molecule has 2 amide bonds. The summed E-state index contributed by atoms with van der Waals surface area (Å²) in [7, 11) is 4.01. The maximum Gasteiger partial charge on any atom is 0.289 e. The first-order valence-electron chi connectivity index (χ1n) is 10.8. The molecule has 1 atom stereocenters. The molecule has 0 radical (unpaired) electrons. The summed E-state index contributed by atoms with van der Waals surface area (Å²) >= 11 is 0. The van der Waals surface area contributed by atoms with Gasteiger partial charge in [0, 0.05) is 32.6 Å². The fourth-order valence-corrected chi connectivity index (χ4v) is 5.09. The van der Waals surface area contributed by atoms with Crippen molar-refractivity contribution < 1.29 is 14.0 Å². The molecule has 1 aliphatic carbocycles. The molecule has 1 fully saturated rings. The number of rotatable bonds is 6. The summed E-state index contributed by atoms with van der Waals surface area (Å²) in [6.07, 6.45) is 4.90. The second-order valence-electron chi connectivity index (χ2n) is 8.90. The van der Waals surface area contributed by atoms with Crippen LogP contribution in [0.4, 0.5) is 0 Å². The molecule has 2 aromatic rings. The Kier molecular flexibility index (Phi) is 5.95. The zero-order valence-electron chi connectivity index (χ0n) is 17.9. The van der Waals surface area contributed by atoms with E-state index in [0.29, 0.717) is 18.7 Å². The molecule has 1 spiro atoms. The quantitative estimate of drug-likeness (QED) is 0.797. The van der Waals surface area contributed by atoms with Crippen molar-refractivity contribution in [2.24, 2.45) is 0 Å². The lowest BCUT2D eigenvalue weighted by molar-refractivity contribution is -0.121. The van der Waals surface area contributed by atoms with E-state index in [2.05, 4.69) is 34.5 Å². The van der Waals surface area contributed by atoms with Crippen molar-refractivity contribution in [1.82, 2.24) is 15.1 Å². The Morgan fingerprint density at radius 1 is 1.17 bits per heavy atom. The molecule has 1 aromatic heterocycles. The van der Waals surface area contributed by atoms with Crippen LogP contribution in [0, 0.1) is 0 Å². The van der Waals surface area contributed by atoms with E-state index in [1.165, 1.54) is 11.1 Å². The number of fused-ring (bicyclic) bond motifs is 2. The highest BCUT2D eigenvalue weighted by atomic mass is 16.3. The summed E-state index contributed by atoms with van der Waals surface area (Å²) < 4.78 is 5.29. The lowest BCUT2D eigenvalue weighted by Crippen LogP contribution is -2.44. The van der Waals surface area contributed by atoms with Crippen LogP contribution in [0.25, 0.3) is 0 Å². The highest BCUT2D eigenvalue weighted by Gasteiger charge is 2.46. The number of hydrogen-bond donors (Lipinski definition) is 1. The van der Waals surface area contributed by atoms with Gasteiger partial charge in [0.15, 0.2) is 5.76 Å². The standard InChI is InChI=1S/C24H31N3O3/c1-26(2)14-11-25-22(28)16-18-17-24(20-7-4-3-6-19(18)20)9-12-27(13-10-24)23(29)21-8-5-15-30-21/h3-8,15,18H,9-14,16-17H2,1-2H3,(H,25,28). The molecule has 1 aliphatic heterocycles. The maximum atomic E-state index is 12.6. The lowest BCUT2D eigenvalue weighted by Gasteiger charge is -2.40. The van der Waals surface area contributed by atoms with Gasteiger partial charge in [0.25, 0.3) is 5.91 Å². The Labute approximate surface area is 178 Å². The second-order valence-corrected chi connectivity index (χ2v) is 8.90. The van der Waals surface area contributed by atoms with Crippen molar-refractivity contribution in [1.29, 1.82) is 0 Å². The smallest absolute Gasteiger partial charge is 0.289 e. The third-order valence-corrected chi connectivity index (χ3v) is 6.66. The van der Waals surface area contributed by atoms with Crippen LogP contribution in [0.5, 0.6) is 0 Å². The van der Waals surface area contributed by atoms with Crippen molar-refractivity contribution in [3.63, 3.8) is 0 Å². The molecular formula is C24H31N3O3. The molecule has 1 N–H and O–H groups in total. The minimum absolute atomic E-state index is 0.0297. The van der Waals surface area contributed by atoms with Gasteiger partial charge in [0.2, 0.25) is 5.91 Å². The van der Waals surface area contributed by atoms with Crippen molar-refractivity contribution in [2.75, 3.05) is 40.3 Å². The number of amides is 2. The van der Waals surface area contributed by atoms with Gasteiger partial charge in [-0.3, -0.25) is 9.59 Å². The molecule has 0 bridgehead atoms. The zero-order chi connectivity index (χ0) is 21.1. The first-order chi connectivity index (χ1) is 14.5. The van der Waals surface area contributed by atoms with Gasteiger partial charge in [-0.25, -0.2) is 0 Å². The number of carbonyl (C=O) groups is 2. The molecule has 1 unspecified atom stereocenters. The summed E-state index contributed by atoms with van der Waals surface area (Å²) in [6, 6.07) is 12.1. The SMILES string of the molecule is CN(C)CCNC(=O)CC1CC2(CCN(C(=O)c3ccco3)CC2)c2ccccc21. The van der Waals surface area contributed by atoms with E-state index < -0.39 is 0 Å². The van der Waals surface area contributed by atoms with Crippen molar-refractivity contribution in [2.45, 2.75) is 37.0 Å². The largest absolute Gasteiger partial charge is 0.459 e. The van der Waals surface area contributed by atoms with E-state index in [4.69, 9.17) is 4.42 Å². The molecule has 1 saturated heterocycles. The van der Waals surface area contributed by atoms with Crippen LogP contribution in [0.3, 0.4) is 0 Å². The van der Waals surface area contributed by atoms with Gasteiger partial charge >= 0.3 is 0 Å². The van der Waals surface area contributed by atoms with Gasteiger partial charge in [-0.1, -0.05) is 24.3 Å². The number of furan rings is 1. The first kappa shape index (κ1) is 20.7. The number of hydrogen-bond acceptors (Lipinski definition) is 4. The Hall–Kier alpha value is -2.60. The highest BCUT2D eigenvalue weighted by Crippen LogP contribution is 2.52. The van der Waals surface area contributed by atoms with Crippen molar-refractivity contribution in [3.8, 4) is 0 Å². The van der Waals surface area contributed by atoms with Crippen molar-refractivity contribution >= 4 is 11.8 Å². The van der Waals surface area contributed by atoms with E-state index in [1.807, 2.05) is 19.0 Å². The number of piperidine rings is 1. The fraction of sp³-hybridized carbons (Fsp3) is 0.500. The molecular weight excluding hydrogens is 378 g/mol. The highest BCUT2D eigenvalue weighted by molar-refractivity contribution is 5.91. The maximum absolute atomic E-state index is 12.6. The number of likely N-dealkylation sites (N-methyl/N-ethyl adjacent to an activating group) is 1. The van der Waals surface area contributed by atoms with E-state index in [0.717, 1.165) is 38.9 Å². The minimum Gasteiger partial charge on any atom is -0.459 e. The number of likely N-dealkylation sites (tertiary alicyclic amines) is 1. The molecule has 6 heteroatoms. The van der Waals surface area contributed by atoms with Crippen LogP contribution in [-0.4, -0.2) is 61.9 Å². The minimum atomic E-state index is -0.0297. The average molecular weight is 410 g/mol. The van der Waals surface area contributed by atoms with E-state index in [1.54, 1.807) is 18.4 Å². The Morgan fingerprint density at radius 2 is 1.93 bits per heavy atom. The third-order valence-electron chi connectivity index (χ3n) is 6.66. The monoisotopic (exact) mass is 409 g/mol. The average Bonchev–Trinajstić information content (AvgIpc) is 3.36. The van der Waals surface area contributed by atoms with Gasteiger partial charge in [-0.2, -0.15) is 0 Å². The molecule has 30 heavy (non-hydrogen) atoms. The Balaban J connectivity index is 1.43. The number of nitrogens with one attached hydrogen (secondary N) is 1.